The standard InChI is InChI=1S/C19H23N3O4/c1-3-11-22-13-14(9-10-18(22)24)21-17(23)12-20-19(25)15-7-5-6-8-16(15)26-4-2/h5-10,13H,3-4,11-12H2,1-2H3,(H,20,25)(H,21,23). The van der Waals surface area contributed by atoms with Crippen molar-refractivity contribution < 1.29 is 14.3 Å². The Morgan fingerprint density at radius 2 is 1.88 bits per heavy atom. The largest absolute Gasteiger partial charge is 0.493 e. The predicted molar refractivity (Wildman–Crippen MR) is 99.6 cm³/mol. The first kappa shape index (κ1) is 19.2. The first-order valence-electron chi connectivity index (χ1n) is 8.55. The zero-order chi connectivity index (χ0) is 18.9. The summed E-state index contributed by atoms with van der Waals surface area (Å²) in [5, 5.41) is 5.24. The van der Waals surface area contributed by atoms with Gasteiger partial charge in [0, 0.05) is 18.8 Å². The van der Waals surface area contributed by atoms with Gasteiger partial charge in [0.2, 0.25) is 5.91 Å². The molecule has 0 spiro atoms. The predicted octanol–water partition coefficient (Wildman–Crippen LogP) is 2.03. The molecule has 0 saturated heterocycles. The van der Waals surface area contributed by atoms with E-state index in [9.17, 15) is 14.4 Å². The molecule has 138 valence electrons. The van der Waals surface area contributed by atoms with E-state index in [1.54, 1.807) is 36.5 Å². The number of para-hydroxylation sites is 1. The average molecular weight is 357 g/mol. The number of benzene rings is 1. The van der Waals surface area contributed by atoms with Crippen molar-refractivity contribution in [3.8, 4) is 5.75 Å². The van der Waals surface area contributed by atoms with Gasteiger partial charge in [0.15, 0.2) is 0 Å². The van der Waals surface area contributed by atoms with Crippen molar-refractivity contribution in [1.29, 1.82) is 0 Å². The number of pyridine rings is 1. The van der Waals surface area contributed by atoms with E-state index in [1.165, 1.54) is 10.6 Å². The molecule has 1 heterocycles. The van der Waals surface area contributed by atoms with Gasteiger partial charge in [-0.05, 0) is 31.5 Å². The number of carbonyl (C=O) groups is 2. The normalized spacial score (nSPS) is 10.2. The lowest BCUT2D eigenvalue weighted by Crippen LogP contribution is -2.33. The first-order chi connectivity index (χ1) is 12.5. The highest BCUT2D eigenvalue weighted by Gasteiger charge is 2.13. The second-order valence-electron chi connectivity index (χ2n) is 5.61. The molecule has 1 aromatic heterocycles. The van der Waals surface area contributed by atoms with E-state index in [1.807, 2.05) is 13.8 Å². The number of hydrogen-bond acceptors (Lipinski definition) is 4. The van der Waals surface area contributed by atoms with Crippen LogP contribution in [0.15, 0.2) is 47.4 Å². The molecule has 0 aliphatic rings. The van der Waals surface area contributed by atoms with Crippen LogP contribution in [0.25, 0.3) is 0 Å². The molecule has 26 heavy (non-hydrogen) atoms. The molecule has 0 saturated carbocycles. The molecular weight excluding hydrogens is 334 g/mol. The van der Waals surface area contributed by atoms with Gasteiger partial charge in [0.25, 0.3) is 11.5 Å². The number of aryl methyl sites for hydroxylation is 1. The lowest BCUT2D eigenvalue weighted by molar-refractivity contribution is -0.115. The van der Waals surface area contributed by atoms with Gasteiger partial charge in [-0.2, -0.15) is 0 Å². The molecule has 0 aliphatic heterocycles. The molecule has 2 amide bonds. The van der Waals surface area contributed by atoms with Crippen LogP contribution in [-0.4, -0.2) is 29.5 Å². The van der Waals surface area contributed by atoms with Crippen LogP contribution in [0.2, 0.25) is 0 Å². The number of nitrogens with one attached hydrogen (secondary N) is 2. The summed E-state index contributed by atoms with van der Waals surface area (Å²) in [6, 6.07) is 9.79. The van der Waals surface area contributed by atoms with Crippen molar-refractivity contribution in [3.63, 3.8) is 0 Å². The van der Waals surface area contributed by atoms with Crippen LogP contribution in [0.4, 0.5) is 5.69 Å². The molecule has 2 aromatic rings. The summed E-state index contributed by atoms with van der Waals surface area (Å²) < 4.78 is 6.95. The Bertz CT molecular complexity index is 830. The second kappa shape index (κ2) is 9.41. The Morgan fingerprint density at radius 1 is 1.12 bits per heavy atom. The van der Waals surface area contributed by atoms with E-state index < -0.39 is 0 Å². The summed E-state index contributed by atoms with van der Waals surface area (Å²) in [6.45, 7) is 4.63. The molecule has 0 unspecified atom stereocenters. The minimum absolute atomic E-state index is 0.120. The van der Waals surface area contributed by atoms with Crippen molar-refractivity contribution in [2.75, 3.05) is 18.5 Å². The monoisotopic (exact) mass is 357 g/mol. The summed E-state index contributed by atoms with van der Waals surface area (Å²) in [5.41, 5.74) is 0.761. The lowest BCUT2D eigenvalue weighted by atomic mass is 10.2. The molecule has 1 aromatic carbocycles. The van der Waals surface area contributed by atoms with Crippen molar-refractivity contribution in [2.45, 2.75) is 26.8 Å². The molecule has 0 radical (unpaired) electrons. The number of rotatable bonds is 8. The van der Waals surface area contributed by atoms with E-state index in [0.29, 0.717) is 30.2 Å². The Balaban J connectivity index is 1.96. The average Bonchev–Trinajstić information content (AvgIpc) is 2.63. The molecule has 7 nitrogen and oxygen atoms in total. The van der Waals surface area contributed by atoms with Crippen LogP contribution < -0.4 is 20.9 Å². The molecular formula is C19H23N3O4. The first-order valence-corrected chi connectivity index (χ1v) is 8.55. The second-order valence-corrected chi connectivity index (χ2v) is 5.61. The number of carbonyl (C=O) groups excluding carboxylic acids is 2. The molecule has 0 atom stereocenters. The third-order valence-corrected chi connectivity index (χ3v) is 3.57. The third kappa shape index (κ3) is 5.20. The SMILES string of the molecule is CCCn1cc(NC(=O)CNC(=O)c2ccccc2OCC)ccc1=O. The number of ether oxygens (including phenoxy) is 1. The zero-order valence-corrected chi connectivity index (χ0v) is 15.0. The molecule has 0 aliphatic carbocycles. The van der Waals surface area contributed by atoms with Crippen LogP contribution in [0.5, 0.6) is 5.75 Å². The van der Waals surface area contributed by atoms with Crippen LogP contribution in [-0.2, 0) is 11.3 Å². The Morgan fingerprint density at radius 3 is 2.62 bits per heavy atom. The maximum atomic E-state index is 12.3. The summed E-state index contributed by atoms with van der Waals surface area (Å²) in [4.78, 5) is 36.0. The van der Waals surface area contributed by atoms with E-state index >= 15 is 0 Å². The van der Waals surface area contributed by atoms with E-state index in [0.717, 1.165) is 6.42 Å². The Labute approximate surface area is 152 Å². The highest BCUT2D eigenvalue weighted by Crippen LogP contribution is 2.17. The Kier molecular flexibility index (Phi) is 6.96. The van der Waals surface area contributed by atoms with Gasteiger partial charge in [0.05, 0.1) is 24.4 Å². The van der Waals surface area contributed by atoms with Crippen molar-refractivity contribution in [1.82, 2.24) is 9.88 Å². The highest BCUT2D eigenvalue weighted by atomic mass is 16.5. The van der Waals surface area contributed by atoms with Gasteiger partial charge < -0.3 is 19.9 Å². The quantitative estimate of drug-likeness (QED) is 0.756. The maximum absolute atomic E-state index is 12.3. The fourth-order valence-electron chi connectivity index (χ4n) is 2.42. The van der Waals surface area contributed by atoms with E-state index in [2.05, 4.69) is 10.6 Å². The summed E-state index contributed by atoms with van der Waals surface area (Å²) in [7, 11) is 0. The van der Waals surface area contributed by atoms with Gasteiger partial charge in [-0.1, -0.05) is 19.1 Å². The number of nitrogens with zero attached hydrogens (tertiary/aromatic N) is 1. The topological polar surface area (TPSA) is 89.4 Å². The minimum atomic E-state index is -0.389. The van der Waals surface area contributed by atoms with Gasteiger partial charge in [0.1, 0.15) is 5.75 Å². The number of anilines is 1. The van der Waals surface area contributed by atoms with Crippen LogP contribution in [0.1, 0.15) is 30.6 Å². The van der Waals surface area contributed by atoms with Crippen LogP contribution in [0, 0.1) is 0 Å². The van der Waals surface area contributed by atoms with Gasteiger partial charge >= 0.3 is 0 Å². The number of aromatic nitrogens is 1. The summed E-state index contributed by atoms with van der Waals surface area (Å²) >= 11 is 0. The molecule has 7 heteroatoms. The lowest BCUT2D eigenvalue weighted by Gasteiger charge is -2.11. The summed E-state index contributed by atoms with van der Waals surface area (Å²) in [5.74, 6) is -0.298. The van der Waals surface area contributed by atoms with E-state index in [4.69, 9.17) is 4.74 Å². The van der Waals surface area contributed by atoms with Gasteiger partial charge in [-0.25, -0.2) is 0 Å². The zero-order valence-electron chi connectivity index (χ0n) is 15.0. The van der Waals surface area contributed by atoms with Crippen LogP contribution >= 0.6 is 0 Å². The number of amides is 2. The fourth-order valence-corrected chi connectivity index (χ4v) is 2.42. The van der Waals surface area contributed by atoms with Gasteiger partial charge in [-0.3, -0.25) is 14.4 Å². The van der Waals surface area contributed by atoms with Crippen molar-refractivity contribution >= 4 is 17.5 Å². The fraction of sp³-hybridized carbons (Fsp3) is 0.316. The van der Waals surface area contributed by atoms with Gasteiger partial charge in [-0.15, -0.1) is 0 Å². The highest BCUT2D eigenvalue weighted by molar-refractivity contribution is 6.00. The minimum Gasteiger partial charge on any atom is -0.493 e. The van der Waals surface area contributed by atoms with E-state index in [-0.39, 0.29) is 23.9 Å². The smallest absolute Gasteiger partial charge is 0.255 e. The Hall–Kier alpha value is -3.09. The maximum Gasteiger partial charge on any atom is 0.255 e. The molecule has 0 bridgehead atoms. The third-order valence-electron chi connectivity index (χ3n) is 3.57. The van der Waals surface area contributed by atoms with Crippen molar-refractivity contribution in [2.24, 2.45) is 0 Å². The van der Waals surface area contributed by atoms with Crippen LogP contribution in [0.3, 0.4) is 0 Å². The number of hydrogen-bond donors (Lipinski definition) is 2. The molecule has 2 N–H and O–H groups in total. The summed E-state index contributed by atoms with van der Waals surface area (Å²) in [6.07, 6.45) is 2.41. The van der Waals surface area contributed by atoms with Crippen molar-refractivity contribution in [3.05, 3.63) is 58.5 Å². The molecule has 0 fully saturated rings. The molecule has 2 rings (SSSR count).